The highest BCUT2D eigenvalue weighted by atomic mass is 35.5. The first-order valence-electron chi connectivity index (χ1n) is 11.0. The SMILES string of the molecule is CC(C)N1CCC(C(=O)N[C@@H]2C[C@H](NC(=O)COc3ccc(Cl)c(F)c3)C3CC2C3)N1. The second-order valence-electron chi connectivity index (χ2n) is 9.14. The molecule has 4 fully saturated rings. The lowest BCUT2D eigenvalue weighted by Crippen LogP contribution is -2.61. The molecule has 4 aliphatic rings. The van der Waals surface area contributed by atoms with E-state index in [2.05, 4.69) is 34.9 Å². The minimum absolute atomic E-state index is 0.0105. The Balaban J connectivity index is 1.25. The summed E-state index contributed by atoms with van der Waals surface area (Å²) in [6, 6.07) is 4.33. The summed E-state index contributed by atoms with van der Waals surface area (Å²) in [6.07, 6.45) is 3.54. The molecule has 9 heteroatoms. The Kier molecular flexibility index (Phi) is 6.69. The number of hydrogen-bond acceptors (Lipinski definition) is 5. The molecule has 1 aliphatic heterocycles. The maximum atomic E-state index is 13.5. The van der Waals surface area contributed by atoms with E-state index in [1.807, 2.05) is 0 Å². The maximum absolute atomic E-state index is 13.5. The van der Waals surface area contributed by atoms with E-state index in [1.54, 1.807) is 0 Å². The number of fused-ring (bicyclic) bond motifs is 2. The second kappa shape index (κ2) is 9.30. The van der Waals surface area contributed by atoms with Crippen molar-refractivity contribution in [2.45, 2.75) is 63.7 Å². The van der Waals surface area contributed by atoms with E-state index in [0.717, 1.165) is 38.3 Å². The average molecular weight is 453 g/mol. The molecular weight excluding hydrogens is 423 g/mol. The molecule has 3 atom stereocenters. The van der Waals surface area contributed by atoms with Crippen LogP contribution in [0, 0.1) is 17.7 Å². The Hall–Kier alpha value is -1.90. The number of hydrazine groups is 1. The molecule has 2 bridgehead atoms. The van der Waals surface area contributed by atoms with Crippen LogP contribution in [0.15, 0.2) is 18.2 Å². The molecule has 3 N–H and O–H groups in total. The fraction of sp³-hybridized carbons (Fsp3) is 0.636. The van der Waals surface area contributed by atoms with Crippen LogP contribution in [0.3, 0.4) is 0 Å². The topological polar surface area (TPSA) is 82.7 Å². The average Bonchev–Trinajstić information content (AvgIpc) is 3.19. The number of carbonyl (C=O) groups is 2. The Labute approximate surface area is 187 Å². The minimum atomic E-state index is -0.584. The van der Waals surface area contributed by atoms with Crippen LogP contribution in [0.25, 0.3) is 0 Å². The van der Waals surface area contributed by atoms with E-state index in [4.69, 9.17) is 16.3 Å². The number of rotatable bonds is 7. The number of amides is 2. The van der Waals surface area contributed by atoms with Crippen molar-refractivity contribution < 1.29 is 18.7 Å². The minimum Gasteiger partial charge on any atom is -0.484 e. The fourth-order valence-electron chi connectivity index (χ4n) is 4.82. The molecule has 7 nitrogen and oxygen atoms in total. The summed E-state index contributed by atoms with van der Waals surface area (Å²) in [6.45, 7) is 4.87. The summed E-state index contributed by atoms with van der Waals surface area (Å²) in [5.74, 6) is 0.389. The highest BCUT2D eigenvalue weighted by Crippen LogP contribution is 2.45. The van der Waals surface area contributed by atoms with Crippen molar-refractivity contribution >= 4 is 23.4 Å². The van der Waals surface area contributed by atoms with Crippen molar-refractivity contribution in [3.8, 4) is 5.75 Å². The Bertz CT molecular complexity index is 833. The van der Waals surface area contributed by atoms with E-state index < -0.39 is 5.82 Å². The van der Waals surface area contributed by atoms with Crippen molar-refractivity contribution in [1.29, 1.82) is 0 Å². The Morgan fingerprint density at radius 3 is 2.58 bits per heavy atom. The smallest absolute Gasteiger partial charge is 0.258 e. The quantitative estimate of drug-likeness (QED) is 0.591. The van der Waals surface area contributed by atoms with Crippen molar-refractivity contribution in [3.63, 3.8) is 0 Å². The third-order valence-corrected chi connectivity index (χ3v) is 7.02. The van der Waals surface area contributed by atoms with Gasteiger partial charge in [0.05, 0.1) is 5.02 Å². The molecule has 31 heavy (non-hydrogen) atoms. The second-order valence-corrected chi connectivity index (χ2v) is 9.55. The lowest BCUT2D eigenvalue weighted by atomic mass is 9.60. The Morgan fingerprint density at radius 2 is 1.94 bits per heavy atom. The van der Waals surface area contributed by atoms with Gasteiger partial charge < -0.3 is 15.4 Å². The van der Waals surface area contributed by atoms with Gasteiger partial charge in [0.25, 0.3) is 5.91 Å². The van der Waals surface area contributed by atoms with Gasteiger partial charge in [0.2, 0.25) is 5.91 Å². The lowest BCUT2D eigenvalue weighted by molar-refractivity contribution is -0.127. The van der Waals surface area contributed by atoms with Crippen molar-refractivity contribution in [1.82, 2.24) is 21.1 Å². The summed E-state index contributed by atoms with van der Waals surface area (Å²) in [4.78, 5) is 25.1. The van der Waals surface area contributed by atoms with Gasteiger partial charge in [-0.1, -0.05) is 11.6 Å². The molecule has 170 valence electrons. The van der Waals surface area contributed by atoms with E-state index in [0.29, 0.717) is 17.9 Å². The van der Waals surface area contributed by atoms with Gasteiger partial charge in [0, 0.05) is 30.7 Å². The van der Waals surface area contributed by atoms with Crippen LogP contribution in [0.1, 0.15) is 39.5 Å². The summed E-state index contributed by atoms with van der Waals surface area (Å²) in [5.41, 5.74) is 3.29. The number of ether oxygens (including phenoxy) is 1. The van der Waals surface area contributed by atoms with Gasteiger partial charge in [0.15, 0.2) is 6.61 Å². The van der Waals surface area contributed by atoms with Crippen LogP contribution in [0.5, 0.6) is 5.75 Å². The highest BCUT2D eigenvalue weighted by molar-refractivity contribution is 6.30. The largest absolute Gasteiger partial charge is 0.484 e. The van der Waals surface area contributed by atoms with Crippen LogP contribution in [0.2, 0.25) is 5.02 Å². The van der Waals surface area contributed by atoms with Gasteiger partial charge in [0.1, 0.15) is 17.6 Å². The van der Waals surface area contributed by atoms with E-state index >= 15 is 0 Å². The van der Waals surface area contributed by atoms with Gasteiger partial charge in [-0.15, -0.1) is 0 Å². The first kappa shape index (κ1) is 22.3. The predicted molar refractivity (Wildman–Crippen MR) is 115 cm³/mol. The van der Waals surface area contributed by atoms with Crippen LogP contribution < -0.4 is 20.8 Å². The number of carbonyl (C=O) groups excluding carboxylic acids is 2. The standard InChI is InChI=1S/C22H30ClFN4O3/c1-12(2)28-6-5-18(27-28)22(30)26-20-10-19(13-7-14(20)8-13)25-21(29)11-31-15-3-4-16(23)17(24)9-15/h3-4,9,12-14,18-20,27H,5-8,10-11H2,1-2H3,(H,25,29)(H,26,30)/t13?,14?,18?,19-,20+/m0/s1. The predicted octanol–water partition coefficient (Wildman–Crippen LogP) is 2.24. The molecule has 1 aromatic rings. The molecule has 0 spiro atoms. The van der Waals surface area contributed by atoms with Crippen molar-refractivity contribution in [2.24, 2.45) is 11.8 Å². The lowest BCUT2D eigenvalue weighted by Gasteiger charge is -2.51. The Morgan fingerprint density at radius 1 is 1.23 bits per heavy atom. The van der Waals surface area contributed by atoms with Gasteiger partial charge in [-0.25, -0.2) is 14.8 Å². The van der Waals surface area contributed by atoms with E-state index in [9.17, 15) is 14.0 Å². The van der Waals surface area contributed by atoms with E-state index in [1.165, 1.54) is 12.1 Å². The van der Waals surface area contributed by atoms with Gasteiger partial charge in [-0.05, 0) is 63.5 Å². The molecule has 3 aliphatic carbocycles. The monoisotopic (exact) mass is 452 g/mol. The number of hydrogen-bond donors (Lipinski definition) is 3. The maximum Gasteiger partial charge on any atom is 0.258 e. The first-order valence-corrected chi connectivity index (χ1v) is 11.4. The van der Waals surface area contributed by atoms with E-state index in [-0.39, 0.29) is 47.3 Å². The molecular formula is C22H30ClFN4O3. The van der Waals surface area contributed by atoms with Crippen LogP contribution >= 0.6 is 11.6 Å². The fourth-order valence-corrected chi connectivity index (χ4v) is 4.94. The van der Waals surface area contributed by atoms with Gasteiger partial charge in [-0.2, -0.15) is 0 Å². The van der Waals surface area contributed by atoms with Crippen LogP contribution in [0.4, 0.5) is 4.39 Å². The summed E-state index contributed by atoms with van der Waals surface area (Å²) in [7, 11) is 0. The third kappa shape index (κ3) is 5.13. The van der Waals surface area contributed by atoms with Crippen LogP contribution in [-0.2, 0) is 9.59 Å². The zero-order valence-corrected chi connectivity index (χ0v) is 18.6. The molecule has 0 aromatic heterocycles. The normalized spacial score (nSPS) is 30.0. The van der Waals surface area contributed by atoms with Crippen molar-refractivity contribution in [2.75, 3.05) is 13.2 Å². The zero-order valence-electron chi connectivity index (χ0n) is 17.9. The number of nitrogens with zero attached hydrogens (tertiary/aromatic N) is 1. The van der Waals surface area contributed by atoms with Gasteiger partial charge >= 0.3 is 0 Å². The highest BCUT2D eigenvalue weighted by Gasteiger charge is 2.47. The third-order valence-electron chi connectivity index (χ3n) is 6.71. The molecule has 0 radical (unpaired) electrons. The summed E-state index contributed by atoms with van der Waals surface area (Å²) in [5, 5.41) is 8.36. The molecule has 1 aromatic carbocycles. The molecule has 5 rings (SSSR count). The molecule has 1 heterocycles. The molecule has 1 saturated heterocycles. The number of benzene rings is 1. The zero-order chi connectivity index (χ0) is 22.1. The molecule has 2 amide bonds. The van der Waals surface area contributed by atoms with Crippen LogP contribution in [-0.4, -0.2) is 54.1 Å². The molecule has 3 saturated carbocycles. The number of nitrogens with one attached hydrogen (secondary N) is 3. The van der Waals surface area contributed by atoms with Gasteiger partial charge in [-0.3, -0.25) is 9.59 Å². The number of halogens is 2. The first-order chi connectivity index (χ1) is 14.8. The molecule has 1 unspecified atom stereocenters. The summed E-state index contributed by atoms with van der Waals surface area (Å²) < 4.78 is 18.9. The summed E-state index contributed by atoms with van der Waals surface area (Å²) >= 11 is 5.66. The van der Waals surface area contributed by atoms with Crippen molar-refractivity contribution in [3.05, 3.63) is 29.0 Å².